The molecule has 2 rings (SSSR count). The summed E-state index contributed by atoms with van der Waals surface area (Å²) in [5.74, 6) is 5.66. The Morgan fingerprint density at radius 2 is 2.14 bits per heavy atom. The summed E-state index contributed by atoms with van der Waals surface area (Å²) in [7, 11) is 1.52. The van der Waals surface area contributed by atoms with E-state index in [1.807, 2.05) is 0 Å². The van der Waals surface area contributed by atoms with Crippen molar-refractivity contribution in [2.24, 2.45) is 5.84 Å². The van der Waals surface area contributed by atoms with Crippen molar-refractivity contribution in [1.29, 1.82) is 0 Å². The molecule has 0 aliphatic carbocycles. The molecule has 1 amide bonds. The Morgan fingerprint density at radius 1 is 1.33 bits per heavy atom. The summed E-state index contributed by atoms with van der Waals surface area (Å²) in [6, 6.07) is 8.32. The van der Waals surface area contributed by atoms with E-state index in [0.717, 1.165) is 5.01 Å². The van der Waals surface area contributed by atoms with Crippen LogP contribution >= 0.6 is 12.2 Å². The first-order chi connectivity index (χ1) is 10.1. The number of ether oxygens (including phenoxy) is 1. The standard InChI is InChI=1S/C13H13N5O2S/c1-20-11-6-5-9(8-16-11)17-13(21)18(14)12(19)10-4-2-3-7-15-10/h2-8H,14H2,1H3,(H,17,21). The summed E-state index contributed by atoms with van der Waals surface area (Å²) >= 11 is 5.08. The topological polar surface area (TPSA) is 93.4 Å². The molecule has 0 aliphatic heterocycles. The second-order valence-corrected chi connectivity index (χ2v) is 4.30. The molecule has 7 nitrogen and oxygen atoms in total. The number of anilines is 1. The van der Waals surface area contributed by atoms with Crippen LogP contribution in [0.2, 0.25) is 0 Å². The van der Waals surface area contributed by atoms with Crippen molar-refractivity contribution in [3.8, 4) is 5.88 Å². The lowest BCUT2D eigenvalue weighted by Crippen LogP contribution is -2.45. The fourth-order valence-electron chi connectivity index (χ4n) is 1.46. The van der Waals surface area contributed by atoms with E-state index >= 15 is 0 Å². The van der Waals surface area contributed by atoms with Crippen molar-refractivity contribution in [2.75, 3.05) is 12.4 Å². The number of amides is 1. The zero-order chi connectivity index (χ0) is 15.2. The molecular weight excluding hydrogens is 290 g/mol. The van der Waals surface area contributed by atoms with Crippen LogP contribution in [-0.4, -0.2) is 33.1 Å². The van der Waals surface area contributed by atoms with Crippen LogP contribution in [0.3, 0.4) is 0 Å². The van der Waals surface area contributed by atoms with E-state index in [2.05, 4.69) is 15.3 Å². The lowest BCUT2D eigenvalue weighted by Gasteiger charge is -2.18. The molecule has 2 aromatic rings. The molecule has 0 atom stereocenters. The Bertz CT molecular complexity index is 633. The van der Waals surface area contributed by atoms with Crippen molar-refractivity contribution in [3.63, 3.8) is 0 Å². The summed E-state index contributed by atoms with van der Waals surface area (Å²) in [5.41, 5.74) is 0.794. The quantitative estimate of drug-likeness (QED) is 0.381. The molecule has 0 bridgehead atoms. The van der Waals surface area contributed by atoms with Crippen molar-refractivity contribution < 1.29 is 9.53 Å². The van der Waals surface area contributed by atoms with Crippen LogP contribution in [0.5, 0.6) is 5.88 Å². The highest BCUT2D eigenvalue weighted by molar-refractivity contribution is 7.80. The van der Waals surface area contributed by atoms with E-state index in [-0.39, 0.29) is 10.8 Å². The van der Waals surface area contributed by atoms with Crippen LogP contribution in [-0.2, 0) is 0 Å². The summed E-state index contributed by atoms with van der Waals surface area (Å²) in [5, 5.41) is 3.67. The van der Waals surface area contributed by atoms with Gasteiger partial charge < -0.3 is 10.1 Å². The third-order valence-corrected chi connectivity index (χ3v) is 2.82. The molecule has 0 unspecified atom stereocenters. The lowest BCUT2D eigenvalue weighted by atomic mass is 10.3. The van der Waals surface area contributed by atoms with Crippen LogP contribution in [0.15, 0.2) is 42.7 Å². The Hall–Kier alpha value is -2.58. The first-order valence-corrected chi connectivity index (χ1v) is 6.34. The van der Waals surface area contributed by atoms with Crippen LogP contribution < -0.4 is 15.9 Å². The molecular formula is C13H13N5O2S. The molecule has 0 saturated carbocycles. The van der Waals surface area contributed by atoms with E-state index in [1.54, 1.807) is 30.3 Å². The number of hydrogen-bond donors (Lipinski definition) is 2. The SMILES string of the molecule is COc1ccc(NC(=S)N(N)C(=O)c2ccccn2)cn1. The van der Waals surface area contributed by atoms with Gasteiger partial charge in [0.1, 0.15) is 5.69 Å². The van der Waals surface area contributed by atoms with Gasteiger partial charge in [-0.15, -0.1) is 0 Å². The normalized spacial score (nSPS) is 9.81. The Labute approximate surface area is 126 Å². The average Bonchev–Trinajstić information content (AvgIpc) is 2.55. The lowest BCUT2D eigenvalue weighted by molar-refractivity contribution is 0.0844. The summed E-state index contributed by atoms with van der Waals surface area (Å²) in [4.78, 5) is 20.0. The molecule has 21 heavy (non-hydrogen) atoms. The molecule has 8 heteroatoms. The molecule has 0 spiro atoms. The maximum Gasteiger partial charge on any atom is 0.292 e. The number of aromatic nitrogens is 2. The smallest absolute Gasteiger partial charge is 0.292 e. The average molecular weight is 303 g/mol. The fourth-order valence-corrected chi connectivity index (χ4v) is 1.66. The van der Waals surface area contributed by atoms with Crippen LogP contribution in [0, 0.1) is 0 Å². The van der Waals surface area contributed by atoms with Gasteiger partial charge in [0.2, 0.25) is 5.88 Å². The Balaban J connectivity index is 2.03. The predicted octanol–water partition coefficient (Wildman–Crippen LogP) is 1.20. The third kappa shape index (κ3) is 3.71. The molecule has 108 valence electrons. The number of nitrogens with one attached hydrogen (secondary N) is 1. The second kappa shape index (κ2) is 6.73. The molecule has 0 radical (unpaired) electrons. The van der Waals surface area contributed by atoms with E-state index in [0.29, 0.717) is 11.6 Å². The first kappa shape index (κ1) is 14.8. The molecule has 0 aromatic carbocycles. The van der Waals surface area contributed by atoms with Gasteiger partial charge in [-0.05, 0) is 30.4 Å². The number of nitrogens with zero attached hydrogens (tertiary/aromatic N) is 3. The zero-order valence-electron chi connectivity index (χ0n) is 11.2. The monoisotopic (exact) mass is 303 g/mol. The number of thiocarbonyl (C=S) groups is 1. The molecule has 0 saturated heterocycles. The van der Waals surface area contributed by atoms with Gasteiger partial charge in [-0.2, -0.15) is 0 Å². The highest BCUT2D eigenvalue weighted by atomic mass is 32.1. The van der Waals surface area contributed by atoms with Crippen LogP contribution in [0.4, 0.5) is 5.69 Å². The van der Waals surface area contributed by atoms with Gasteiger partial charge >= 0.3 is 0 Å². The van der Waals surface area contributed by atoms with Crippen molar-refractivity contribution in [3.05, 3.63) is 48.4 Å². The van der Waals surface area contributed by atoms with E-state index < -0.39 is 5.91 Å². The summed E-state index contributed by atoms with van der Waals surface area (Å²) in [6.45, 7) is 0. The number of rotatable bonds is 3. The third-order valence-electron chi connectivity index (χ3n) is 2.52. The molecule has 3 N–H and O–H groups in total. The molecule has 0 aliphatic rings. The maximum absolute atomic E-state index is 12.1. The first-order valence-electron chi connectivity index (χ1n) is 5.93. The minimum atomic E-state index is -0.505. The van der Waals surface area contributed by atoms with Crippen molar-refractivity contribution in [1.82, 2.24) is 15.0 Å². The maximum atomic E-state index is 12.1. The summed E-state index contributed by atoms with van der Waals surface area (Å²) < 4.78 is 4.95. The predicted molar refractivity (Wildman–Crippen MR) is 81.6 cm³/mol. The minimum absolute atomic E-state index is 0.0395. The highest BCUT2D eigenvalue weighted by Gasteiger charge is 2.17. The Morgan fingerprint density at radius 3 is 2.71 bits per heavy atom. The Kier molecular flexibility index (Phi) is 4.75. The van der Waals surface area contributed by atoms with Gasteiger partial charge in [0, 0.05) is 12.3 Å². The second-order valence-electron chi connectivity index (χ2n) is 3.91. The van der Waals surface area contributed by atoms with Gasteiger partial charge in [-0.3, -0.25) is 9.78 Å². The van der Waals surface area contributed by atoms with Crippen LogP contribution in [0.1, 0.15) is 10.5 Å². The summed E-state index contributed by atoms with van der Waals surface area (Å²) in [6.07, 6.45) is 3.02. The highest BCUT2D eigenvalue weighted by Crippen LogP contribution is 2.11. The van der Waals surface area contributed by atoms with Crippen molar-refractivity contribution in [2.45, 2.75) is 0 Å². The number of nitrogens with two attached hydrogens (primary N) is 1. The molecule has 2 aromatic heterocycles. The number of hydrazine groups is 1. The van der Waals surface area contributed by atoms with E-state index in [9.17, 15) is 4.79 Å². The number of carbonyl (C=O) groups excluding carboxylic acids is 1. The van der Waals surface area contributed by atoms with Gasteiger partial charge in [0.25, 0.3) is 5.91 Å². The van der Waals surface area contributed by atoms with E-state index in [4.69, 9.17) is 22.8 Å². The van der Waals surface area contributed by atoms with Gasteiger partial charge in [-0.25, -0.2) is 15.8 Å². The zero-order valence-corrected chi connectivity index (χ0v) is 12.0. The molecule has 0 fully saturated rings. The fraction of sp³-hybridized carbons (Fsp3) is 0.0769. The number of methoxy groups -OCH3 is 1. The van der Waals surface area contributed by atoms with Crippen molar-refractivity contribution >= 4 is 28.9 Å². The van der Waals surface area contributed by atoms with Gasteiger partial charge in [-0.1, -0.05) is 6.07 Å². The minimum Gasteiger partial charge on any atom is -0.481 e. The number of pyridine rings is 2. The van der Waals surface area contributed by atoms with Gasteiger partial charge in [0.15, 0.2) is 5.11 Å². The van der Waals surface area contributed by atoms with Gasteiger partial charge in [0.05, 0.1) is 19.0 Å². The largest absolute Gasteiger partial charge is 0.481 e. The van der Waals surface area contributed by atoms with E-state index in [1.165, 1.54) is 19.5 Å². The van der Waals surface area contributed by atoms with Crippen LogP contribution in [0.25, 0.3) is 0 Å². The number of hydrogen-bond acceptors (Lipinski definition) is 6. The molecule has 2 heterocycles. The number of carbonyl (C=O) groups is 1.